The summed E-state index contributed by atoms with van der Waals surface area (Å²) in [7, 11) is 0. The van der Waals surface area contributed by atoms with E-state index in [4.69, 9.17) is 0 Å². The topological polar surface area (TPSA) is 49.4 Å². The van der Waals surface area contributed by atoms with Crippen LogP contribution in [-0.4, -0.2) is 34.8 Å². The standard InChI is InChI=1S/C14H24N2O2/c1-6-9-12(17)15-11(8(2)3)13(18)16(9)10-7-14(10,4)5/h8-11H,6-7H2,1-5H3,(H,15,17). The van der Waals surface area contributed by atoms with Crippen molar-refractivity contribution in [3.63, 3.8) is 0 Å². The zero-order valence-corrected chi connectivity index (χ0v) is 12.0. The molecule has 1 N–H and O–H groups in total. The maximum absolute atomic E-state index is 12.6. The molecule has 0 aromatic heterocycles. The zero-order chi connectivity index (χ0) is 13.7. The van der Waals surface area contributed by atoms with Gasteiger partial charge in [-0.2, -0.15) is 0 Å². The van der Waals surface area contributed by atoms with Crippen molar-refractivity contribution in [1.29, 1.82) is 0 Å². The molecule has 2 amide bonds. The molecule has 2 aliphatic rings. The fourth-order valence-corrected chi connectivity index (χ4v) is 2.87. The summed E-state index contributed by atoms with van der Waals surface area (Å²) in [6, 6.07) is -0.391. The van der Waals surface area contributed by atoms with Crippen molar-refractivity contribution in [3.8, 4) is 0 Å². The number of rotatable bonds is 3. The number of piperazine rings is 1. The normalized spacial score (nSPS) is 34.8. The quantitative estimate of drug-likeness (QED) is 0.828. The molecule has 1 heterocycles. The molecule has 0 bridgehead atoms. The fraction of sp³-hybridized carbons (Fsp3) is 0.857. The van der Waals surface area contributed by atoms with E-state index in [2.05, 4.69) is 19.2 Å². The predicted octanol–water partition coefficient (Wildman–Crippen LogP) is 1.55. The largest absolute Gasteiger partial charge is 0.342 e. The molecule has 1 saturated carbocycles. The number of hydrogen-bond donors (Lipinski definition) is 1. The maximum Gasteiger partial charge on any atom is 0.246 e. The van der Waals surface area contributed by atoms with Crippen LogP contribution in [-0.2, 0) is 9.59 Å². The summed E-state index contributed by atoms with van der Waals surface area (Å²) < 4.78 is 0. The van der Waals surface area contributed by atoms with E-state index in [1.807, 2.05) is 25.7 Å². The summed E-state index contributed by atoms with van der Waals surface area (Å²) in [5, 5.41) is 2.88. The van der Waals surface area contributed by atoms with Gasteiger partial charge in [-0.25, -0.2) is 0 Å². The molecule has 4 heteroatoms. The molecule has 4 nitrogen and oxygen atoms in total. The Morgan fingerprint density at radius 2 is 1.94 bits per heavy atom. The highest BCUT2D eigenvalue weighted by molar-refractivity contribution is 5.97. The third-order valence-corrected chi connectivity index (χ3v) is 4.31. The van der Waals surface area contributed by atoms with Crippen LogP contribution in [0.3, 0.4) is 0 Å². The van der Waals surface area contributed by atoms with Gasteiger partial charge in [-0.1, -0.05) is 34.6 Å². The smallest absolute Gasteiger partial charge is 0.246 e. The first-order valence-corrected chi connectivity index (χ1v) is 6.92. The Hall–Kier alpha value is -1.06. The van der Waals surface area contributed by atoms with E-state index in [9.17, 15) is 9.59 Å². The molecule has 1 saturated heterocycles. The van der Waals surface area contributed by atoms with E-state index >= 15 is 0 Å². The Morgan fingerprint density at radius 3 is 2.33 bits per heavy atom. The van der Waals surface area contributed by atoms with Gasteiger partial charge in [0.1, 0.15) is 12.1 Å². The number of hydrogen-bond acceptors (Lipinski definition) is 2. The Balaban J connectivity index is 2.26. The van der Waals surface area contributed by atoms with Crippen LogP contribution in [0, 0.1) is 11.3 Å². The van der Waals surface area contributed by atoms with Crippen molar-refractivity contribution in [2.75, 3.05) is 0 Å². The molecule has 2 rings (SSSR count). The highest BCUT2D eigenvalue weighted by Gasteiger charge is 2.56. The first-order valence-electron chi connectivity index (χ1n) is 6.92. The molecule has 1 aliphatic heterocycles. The van der Waals surface area contributed by atoms with Crippen molar-refractivity contribution >= 4 is 11.8 Å². The second kappa shape index (κ2) is 4.25. The van der Waals surface area contributed by atoms with Gasteiger partial charge in [-0.05, 0) is 24.2 Å². The van der Waals surface area contributed by atoms with Gasteiger partial charge in [0.15, 0.2) is 0 Å². The van der Waals surface area contributed by atoms with Gasteiger partial charge >= 0.3 is 0 Å². The SMILES string of the molecule is CCC1C(=O)NC(C(C)C)C(=O)N1C1CC1(C)C. The minimum absolute atomic E-state index is 0.0125. The van der Waals surface area contributed by atoms with Crippen LogP contribution < -0.4 is 5.32 Å². The molecule has 2 fully saturated rings. The Morgan fingerprint density at radius 1 is 1.39 bits per heavy atom. The van der Waals surface area contributed by atoms with E-state index in [0.29, 0.717) is 6.42 Å². The van der Waals surface area contributed by atoms with Crippen LogP contribution in [0.4, 0.5) is 0 Å². The molecule has 0 aromatic carbocycles. The molecule has 3 atom stereocenters. The fourth-order valence-electron chi connectivity index (χ4n) is 2.87. The summed E-state index contributed by atoms with van der Waals surface area (Å²) in [6.07, 6.45) is 1.70. The summed E-state index contributed by atoms with van der Waals surface area (Å²) in [6.45, 7) is 10.2. The highest BCUT2D eigenvalue weighted by atomic mass is 16.2. The van der Waals surface area contributed by atoms with Crippen molar-refractivity contribution in [2.24, 2.45) is 11.3 Å². The van der Waals surface area contributed by atoms with Crippen molar-refractivity contribution in [1.82, 2.24) is 10.2 Å². The van der Waals surface area contributed by atoms with Gasteiger partial charge in [-0.3, -0.25) is 9.59 Å². The number of carbonyl (C=O) groups excluding carboxylic acids is 2. The average molecular weight is 252 g/mol. The van der Waals surface area contributed by atoms with Gasteiger partial charge in [0.2, 0.25) is 11.8 Å². The van der Waals surface area contributed by atoms with Crippen molar-refractivity contribution in [2.45, 2.75) is 65.6 Å². The van der Waals surface area contributed by atoms with Gasteiger partial charge in [0.05, 0.1) is 0 Å². The zero-order valence-electron chi connectivity index (χ0n) is 12.0. The summed E-state index contributed by atoms with van der Waals surface area (Å²) in [5.41, 5.74) is 0.169. The first kappa shape index (κ1) is 13.4. The van der Waals surface area contributed by atoms with E-state index in [-0.39, 0.29) is 41.3 Å². The van der Waals surface area contributed by atoms with Crippen LogP contribution >= 0.6 is 0 Å². The summed E-state index contributed by atoms with van der Waals surface area (Å²) in [5.74, 6) is 0.258. The second-order valence-electron chi connectivity index (χ2n) is 6.61. The van der Waals surface area contributed by atoms with Crippen LogP contribution in [0.15, 0.2) is 0 Å². The Bertz CT molecular complexity index is 376. The monoisotopic (exact) mass is 252 g/mol. The maximum atomic E-state index is 12.6. The molecule has 1 aliphatic carbocycles. The van der Waals surface area contributed by atoms with Gasteiger partial charge in [0, 0.05) is 6.04 Å². The third kappa shape index (κ3) is 2.02. The van der Waals surface area contributed by atoms with Crippen LogP contribution in [0.2, 0.25) is 0 Å². The van der Waals surface area contributed by atoms with E-state index in [0.717, 1.165) is 6.42 Å². The minimum Gasteiger partial charge on any atom is -0.342 e. The van der Waals surface area contributed by atoms with Crippen LogP contribution in [0.1, 0.15) is 47.5 Å². The molecule has 102 valence electrons. The number of nitrogens with zero attached hydrogens (tertiary/aromatic N) is 1. The lowest BCUT2D eigenvalue weighted by molar-refractivity contribution is -0.152. The van der Waals surface area contributed by atoms with Crippen molar-refractivity contribution in [3.05, 3.63) is 0 Å². The lowest BCUT2D eigenvalue weighted by atomic mass is 9.96. The van der Waals surface area contributed by atoms with Crippen LogP contribution in [0.25, 0.3) is 0 Å². The van der Waals surface area contributed by atoms with E-state index in [1.165, 1.54) is 0 Å². The molecule has 0 radical (unpaired) electrons. The predicted molar refractivity (Wildman–Crippen MR) is 69.9 cm³/mol. The molecule has 18 heavy (non-hydrogen) atoms. The minimum atomic E-state index is -0.350. The van der Waals surface area contributed by atoms with Crippen molar-refractivity contribution < 1.29 is 9.59 Å². The Kier molecular flexibility index (Phi) is 3.16. The van der Waals surface area contributed by atoms with E-state index in [1.54, 1.807) is 0 Å². The average Bonchev–Trinajstić information content (AvgIpc) is 2.89. The van der Waals surface area contributed by atoms with Gasteiger partial charge in [0.25, 0.3) is 0 Å². The molecule has 0 spiro atoms. The number of carbonyl (C=O) groups is 2. The lowest BCUT2D eigenvalue weighted by Crippen LogP contribution is -2.65. The summed E-state index contributed by atoms with van der Waals surface area (Å²) >= 11 is 0. The lowest BCUT2D eigenvalue weighted by Gasteiger charge is -2.41. The number of nitrogens with one attached hydrogen (secondary N) is 1. The van der Waals surface area contributed by atoms with E-state index < -0.39 is 0 Å². The number of amides is 2. The van der Waals surface area contributed by atoms with Gasteiger partial charge in [-0.15, -0.1) is 0 Å². The van der Waals surface area contributed by atoms with Gasteiger partial charge < -0.3 is 10.2 Å². The molecule has 3 unspecified atom stereocenters. The molecular weight excluding hydrogens is 228 g/mol. The Labute approximate surface area is 109 Å². The first-order chi connectivity index (χ1) is 8.29. The molecule has 0 aromatic rings. The summed E-state index contributed by atoms with van der Waals surface area (Å²) in [4.78, 5) is 26.6. The second-order valence-corrected chi connectivity index (χ2v) is 6.61. The molecular formula is C14H24N2O2. The highest BCUT2D eigenvalue weighted by Crippen LogP contribution is 2.50. The third-order valence-electron chi connectivity index (χ3n) is 4.31. The van der Waals surface area contributed by atoms with Crippen LogP contribution in [0.5, 0.6) is 0 Å².